The van der Waals surface area contributed by atoms with Crippen LogP contribution in [0.4, 0.5) is 0 Å². The van der Waals surface area contributed by atoms with Gasteiger partial charge in [0.25, 0.3) is 0 Å². The van der Waals surface area contributed by atoms with E-state index < -0.39 is 0 Å². The molecule has 0 atom stereocenters. The van der Waals surface area contributed by atoms with Gasteiger partial charge in [-0.2, -0.15) is 0 Å². The lowest BCUT2D eigenvalue weighted by Crippen LogP contribution is -2.25. The summed E-state index contributed by atoms with van der Waals surface area (Å²) in [4.78, 5) is 2.35. The van der Waals surface area contributed by atoms with E-state index in [0.29, 0.717) is 0 Å². The summed E-state index contributed by atoms with van der Waals surface area (Å²) >= 11 is 3.76. The van der Waals surface area contributed by atoms with Crippen LogP contribution < -0.4 is 0 Å². The van der Waals surface area contributed by atoms with Crippen LogP contribution in [0.15, 0.2) is 22.7 Å². The Morgan fingerprint density at radius 3 is 2.73 bits per heavy atom. The highest BCUT2D eigenvalue weighted by Crippen LogP contribution is 2.33. The number of fused-ring (bicyclic) bond motifs is 1. The number of hydrogen-bond donors (Lipinski definition) is 0. The van der Waals surface area contributed by atoms with E-state index in [4.69, 9.17) is 0 Å². The summed E-state index contributed by atoms with van der Waals surface area (Å²) in [6, 6.07) is 4.34. The number of hydrogen-bond acceptors (Lipinski definition) is 3. The summed E-state index contributed by atoms with van der Waals surface area (Å²) in [5, 5.41) is 8.75. The molecule has 0 aliphatic carbocycles. The molecular formula is C17H23BrN4. The predicted molar refractivity (Wildman–Crippen MR) is 94.8 cm³/mol. The molecule has 1 aromatic carbocycles. The fourth-order valence-electron chi connectivity index (χ4n) is 2.91. The lowest BCUT2D eigenvalue weighted by molar-refractivity contribution is 0.327. The molecule has 0 unspecified atom stereocenters. The van der Waals surface area contributed by atoms with Crippen molar-refractivity contribution in [2.24, 2.45) is 5.41 Å². The van der Waals surface area contributed by atoms with Crippen LogP contribution in [0.1, 0.15) is 32.8 Å². The Hall–Kier alpha value is -1.20. The van der Waals surface area contributed by atoms with Gasteiger partial charge in [-0.1, -0.05) is 38.1 Å². The Kier molecular flexibility index (Phi) is 4.12. The second-order valence-electron chi connectivity index (χ2n) is 7.36. The lowest BCUT2D eigenvalue weighted by Gasteiger charge is -2.23. The van der Waals surface area contributed by atoms with Crippen molar-refractivity contribution in [1.82, 2.24) is 19.9 Å². The smallest absolute Gasteiger partial charge is 0.127 e. The Bertz CT molecular complexity index is 724. The first-order chi connectivity index (χ1) is 10.3. The molecule has 3 rings (SSSR count). The first-order valence-corrected chi connectivity index (χ1v) is 8.54. The molecule has 1 aromatic heterocycles. The molecule has 0 saturated heterocycles. The van der Waals surface area contributed by atoms with Gasteiger partial charge in [-0.25, -0.2) is 4.68 Å². The highest BCUT2D eigenvalue weighted by Gasteiger charge is 2.19. The van der Waals surface area contributed by atoms with Crippen LogP contribution in [0.3, 0.4) is 0 Å². The summed E-state index contributed by atoms with van der Waals surface area (Å²) in [6.07, 6.45) is 3.44. The van der Waals surface area contributed by atoms with Gasteiger partial charge >= 0.3 is 0 Å². The Morgan fingerprint density at radius 1 is 1.27 bits per heavy atom. The zero-order valence-electron chi connectivity index (χ0n) is 13.7. The van der Waals surface area contributed by atoms with Crippen molar-refractivity contribution >= 4 is 32.5 Å². The minimum atomic E-state index is 0.181. The number of rotatable bonds is 2. The van der Waals surface area contributed by atoms with Crippen LogP contribution in [0, 0.1) is 5.41 Å². The molecule has 22 heavy (non-hydrogen) atoms. The van der Waals surface area contributed by atoms with E-state index in [9.17, 15) is 0 Å². The Labute approximate surface area is 140 Å². The number of nitrogens with zero attached hydrogens (tertiary/aromatic N) is 4. The molecule has 2 heterocycles. The van der Waals surface area contributed by atoms with Gasteiger partial charge in [0.2, 0.25) is 0 Å². The number of likely N-dealkylation sites (N-methyl/N-ethyl adjacent to an activating group) is 1. The summed E-state index contributed by atoms with van der Waals surface area (Å²) in [5.74, 6) is 0. The molecule has 5 heteroatoms. The third kappa shape index (κ3) is 3.10. The number of halogens is 1. The molecular weight excluding hydrogens is 340 g/mol. The molecule has 0 fully saturated rings. The molecule has 0 N–H and O–H groups in total. The van der Waals surface area contributed by atoms with Gasteiger partial charge in [0, 0.05) is 19.6 Å². The normalized spacial score (nSPS) is 17.0. The molecule has 4 nitrogen and oxygen atoms in total. The molecule has 2 aromatic rings. The van der Waals surface area contributed by atoms with E-state index in [2.05, 4.69) is 77.2 Å². The maximum absolute atomic E-state index is 4.40. The minimum Gasteiger partial charge on any atom is -0.302 e. The van der Waals surface area contributed by atoms with E-state index in [1.165, 1.54) is 11.1 Å². The average molecular weight is 363 g/mol. The van der Waals surface area contributed by atoms with Crippen LogP contribution in [0.25, 0.3) is 16.6 Å². The zero-order valence-corrected chi connectivity index (χ0v) is 15.3. The Morgan fingerprint density at radius 2 is 2.05 bits per heavy atom. The van der Waals surface area contributed by atoms with E-state index in [1.807, 2.05) is 4.68 Å². The molecule has 0 saturated carbocycles. The number of benzene rings is 1. The maximum atomic E-state index is 4.40. The quantitative estimate of drug-likeness (QED) is 0.810. The standard InChI is InChI=1S/C17H23BrN4/c1-17(2,3)11-22-14-8-7-13(15(18)16(14)19-20-22)12-6-5-9-21(4)10-12/h6-8H,5,9-11H2,1-4H3. The highest BCUT2D eigenvalue weighted by molar-refractivity contribution is 9.10. The third-order valence-electron chi connectivity index (χ3n) is 3.94. The van der Waals surface area contributed by atoms with Crippen molar-refractivity contribution < 1.29 is 0 Å². The number of aromatic nitrogens is 3. The van der Waals surface area contributed by atoms with Crippen LogP contribution in [0.2, 0.25) is 0 Å². The fraction of sp³-hybridized carbons (Fsp3) is 0.529. The van der Waals surface area contributed by atoms with Crippen LogP contribution in [-0.4, -0.2) is 40.0 Å². The molecule has 0 spiro atoms. The molecule has 1 aliphatic heterocycles. The van der Waals surface area contributed by atoms with Gasteiger partial charge in [0.05, 0.1) is 9.99 Å². The largest absolute Gasteiger partial charge is 0.302 e. The van der Waals surface area contributed by atoms with Crippen molar-refractivity contribution in [3.63, 3.8) is 0 Å². The van der Waals surface area contributed by atoms with Gasteiger partial charge in [-0.05, 0) is 52.0 Å². The van der Waals surface area contributed by atoms with Crippen molar-refractivity contribution in [3.8, 4) is 0 Å². The zero-order chi connectivity index (χ0) is 15.9. The van der Waals surface area contributed by atoms with Crippen LogP contribution in [-0.2, 0) is 6.54 Å². The van der Waals surface area contributed by atoms with Crippen LogP contribution >= 0.6 is 15.9 Å². The topological polar surface area (TPSA) is 34.0 Å². The van der Waals surface area contributed by atoms with E-state index >= 15 is 0 Å². The lowest BCUT2D eigenvalue weighted by atomic mass is 9.97. The first-order valence-electron chi connectivity index (χ1n) is 7.75. The predicted octanol–water partition coefficient (Wildman–Crippen LogP) is 3.96. The SMILES string of the molecule is CN1CCC=C(c2ccc3c(nnn3CC(C)(C)C)c2Br)C1. The summed E-state index contributed by atoms with van der Waals surface area (Å²) < 4.78 is 3.07. The molecule has 1 aliphatic rings. The third-order valence-corrected chi connectivity index (χ3v) is 4.74. The van der Waals surface area contributed by atoms with Gasteiger partial charge in [0.15, 0.2) is 0 Å². The molecule has 0 amide bonds. The van der Waals surface area contributed by atoms with Crippen LogP contribution in [0.5, 0.6) is 0 Å². The first kappa shape index (κ1) is 15.7. The second kappa shape index (κ2) is 5.78. The summed E-state index contributed by atoms with van der Waals surface area (Å²) in [7, 11) is 2.17. The highest BCUT2D eigenvalue weighted by atomic mass is 79.9. The average Bonchev–Trinajstić information content (AvgIpc) is 2.81. The molecule has 118 valence electrons. The summed E-state index contributed by atoms with van der Waals surface area (Å²) in [5.41, 5.74) is 4.83. The second-order valence-corrected chi connectivity index (χ2v) is 8.15. The van der Waals surface area contributed by atoms with Crippen molar-refractivity contribution in [1.29, 1.82) is 0 Å². The minimum absolute atomic E-state index is 0.181. The Balaban J connectivity index is 2.02. The maximum Gasteiger partial charge on any atom is 0.127 e. The van der Waals surface area contributed by atoms with Gasteiger partial charge < -0.3 is 4.90 Å². The van der Waals surface area contributed by atoms with E-state index in [0.717, 1.165) is 41.6 Å². The van der Waals surface area contributed by atoms with Gasteiger partial charge in [-0.15, -0.1) is 5.10 Å². The van der Waals surface area contributed by atoms with Crippen molar-refractivity contribution in [2.75, 3.05) is 20.1 Å². The van der Waals surface area contributed by atoms with E-state index in [-0.39, 0.29) is 5.41 Å². The van der Waals surface area contributed by atoms with Crippen molar-refractivity contribution in [3.05, 3.63) is 28.2 Å². The van der Waals surface area contributed by atoms with Gasteiger partial charge in [-0.3, -0.25) is 0 Å². The summed E-state index contributed by atoms with van der Waals surface area (Å²) in [6.45, 7) is 9.62. The molecule has 0 radical (unpaired) electrons. The van der Waals surface area contributed by atoms with E-state index in [1.54, 1.807) is 0 Å². The fourth-order valence-corrected chi connectivity index (χ4v) is 3.58. The van der Waals surface area contributed by atoms with Gasteiger partial charge in [0.1, 0.15) is 5.52 Å². The van der Waals surface area contributed by atoms with Crippen molar-refractivity contribution in [2.45, 2.75) is 33.7 Å². The monoisotopic (exact) mass is 362 g/mol. The molecule has 0 bridgehead atoms.